The number of primary amides is 2. The second kappa shape index (κ2) is 17.8. The second-order valence-corrected chi connectivity index (χ2v) is 8.96. The van der Waals surface area contributed by atoms with Gasteiger partial charge >= 0.3 is 11.9 Å². The van der Waals surface area contributed by atoms with Gasteiger partial charge in [0.25, 0.3) is 0 Å². The number of aliphatic hydroxyl groups is 2. The monoisotopic (exact) mass is 605 g/mol. The lowest BCUT2D eigenvalue weighted by atomic mass is 10.1. The maximum absolute atomic E-state index is 12.9. The highest BCUT2D eigenvalue weighted by Gasteiger charge is 2.35. The average molecular weight is 606 g/mol. The van der Waals surface area contributed by atoms with Crippen molar-refractivity contribution in [3.05, 3.63) is 0 Å². The SMILES string of the molecule is CC(=O)N[C@@H](CC(N)=O)C(=O)N[C@@H](CO)C(=O)N[C@H](C(=O)N[C@@H](CC(=O)O)C(=O)N[C@@H](CCC(N)=O)C(=O)O)[C@@H](C)O. The van der Waals surface area contributed by atoms with E-state index in [2.05, 4.69) is 5.32 Å². The summed E-state index contributed by atoms with van der Waals surface area (Å²) in [6.07, 6.45) is -4.34. The van der Waals surface area contributed by atoms with Gasteiger partial charge < -0.3 is 58.5 Å². The van der Waals surface area contributed by atoms with E-state index in [1.807, 2.05) is 21.3 Å². The van der Waals surface area contributed by atoms with Gasteiger partial charge in [-0.1, -0.05) is 0 Å². The molecule has 0 bridgehead atoms. The predicted molar refractivity (Wildman–Crippen MR) is 136 cm³/mol. The molecule has 0 aromatic rings. The molecule has 0 heterocycles. The third-order valence-electron chi connectivity index (χ3n) is 5.28. The Labute approximate surface area is 237 Å². The summed E-state index contributed by atoms with van der Waals surface area (Å²) in [7, 11) is 0. The second-order valence-electron chi connectivity index (χ2n) is 8.96. The van der Waals surface area contributed by atoms with Crippen molar-refractivity contribution >= 4 is 53.3 Å². The van der Waals surface area contributed by atoms with Crippen molar-refractivity contribution in [1.29, 1.82) is 0 Å². The lowest BCUT2D eigenvalue weighted by Gasteiger charge is -2.27. The van der Waals surface area contributed by atoms with E-state index in [-0.39, 0.29) is 0 Å². The molecule has 0 aromatic carbocycles. The Morgan fingerprint density at radius 1 is 0.667 bits per heavy atom. The highest BCUT2D eigenvalue weighted by atomic mass is 16.4. The van der Waals surface area contributed by atoms with Crippen LogP contribution < -0.4 is 38.1 Å². The number of rotatable bonds is 19. The van der Waals surface area contributed by atoms with E-state index in [1.165, 1.54) is 0 Å². The summed E-state index contributed by atoms with van der Waals surface area (Å²) in [6.45, 7) is 0.985. The van der Waals surface area contributed by atoms with E-state index in [1.54, 1.807) is 0 Å². The van der Waals surface area contributed by atoms with Gasteiger partial charge in [-0.25, -0.2) is 4.79 Å². The van der Waals surface area contributed by atoms with Crippen molar-refractivity contribution in [2.75, 3.05) is 6.61 Å². The van der Waals surface area contributed by atoms with Crippen LogP contribution in [-0.2, 0) is 43.2 Å². The molecule has 0 radical (unpaired) electrons. The smallest absolute Gasteiger partial charge is 0.326 e. The van der Waals surface area contributed by atoms with Crippen molar-refractivity contribution in [2.24, 2.45) is 11.5 Å². The van der Waals surface area contributed by atoms with Gasteiger partial charge in [-0.15, -0.1) is 0 Å². The molecular weight excluding hydrogens is 570 g/mol. The minimum absolute atomic E-state index is 0.444. The van der Waals surface area contributed by atoms with Crippen LogP contribution in [-0.4, -0.2) is 117 Å². The molecule has 236 valence electrons. The normalized spacial score (nSPS) is 14.9. The molecule has 7 amide bonds. The van der Waals surface area contributed by atoms with Crippen LogP contribution in [0, 0.1) is 0 Å². The largest absolute Gasteiger partial charge is 0.481 e. The van der Waals surface area contributed by atoms with Gasteiger partial charge in [-0.3, -0.25) is 38.4 Å². The van der Waals surface area contributed by atoms with E-state index in [0.717, 1.165) is 13.8 Å². The first-order valence-electron chi connectivity index (χ1n) is 12.2. The molecule has 0 unspecified atom stereocenters. The molecule has 0 fully saturated rings. The molecule has 13 N–H and O–H groups in total. The first-order valence-corrected chi connectivity index (χ1v) is 12.2. The fourth-order valence-corrected chi connectivity index (χ4v) is 3.24. The molecule has 0 aromatic heterocycles. The van der Waals surface area contributed by atoms with E-state index >= 15 is 0 Å². The number of carboxylic acid groups (broad SMARTS) is 2. The first kappa shape index (κ1) is 37.1. The van der Waals surface area contributed by atoms with Crippen molar-refractivity contribution in [1.82, 2.24) is 26.6 Å². The van der Waals surface area contributed by atoms with Crippen LogP contribution in [0.25, 0.3) is 0 Å². The van der Waals surface area contributed by atoms with Crippen LogP contribution in [0.4, 0.5) is 0 Å². The zero-order valence-corrected chi connectivity index (χ0v) is 22.6. The fraction of sp³-hybridized carbons (Fsp3) is 0.591. The fourth-order valence-electron chi connectivity index (χ4n) is 3.24. The van der Waals surface area contributed by atoms with Crippen LogP contribution in [0.1, 0.15) is 39.5 Å². The van der Waals surface area contributed by atoms with Crippen molar-refractivity contribution < 1.29 is 63.6 Å². The number of nitrogens with two attached hydrogens (primary N) is 2. The van der Waals surface area contributed by atoms with E-state index < -0.39 is 122 Å². The van der Waals surface area contributed by atoms with Crippen LogP contribution in [0.3, 0.4) is 0 Å². The summed E-state index contributed by atoms with van der Waals surface area (Å²) in [5.74, 6) is -10.8. The summed E-state index contributed by atoms with van der Waals surface area (Å²) in [5, 5.41) is 48.1. The van der Waals surface area contributed by atoms with Crippen molar-refractivity contribution in [3.8, 4) is 0 Å². The molecule has 0 aliphatic carbocycles. The molecule has 0 rings (SSSR count). The molecule has 0 spiro atoms. The number of aliphatic carboxylic acids is 2. The summed E-state index contributed by atoms with van der Waals surface area (Å²) >= 11 is 0. The van der Waals surface area contributed by atoms with Crippen LogP contribution in [0.5, 0.6) is 0 Å². The van der Waals surface area contributed by atoms with Gasteiger partial charge in [0, 0.05) is 13.3 Å². The molecule has 42 heavy (non-hydrogen) atoms. The number of carbonyl (C=O) groups is 9. The van der Waals surface area contributed by atoms with Crippen LogP contribution in [0.2, 0.25) is 0 Å². The third kappa shape index (κ3) is 14.0. The van der Waals surface area contributed by atoms with Gasteiger partial charge in [-0.05, 0) is 13.3 Å². The molecule has 0 saturated carbocycles. The summed E-state index contributed by atoms with van der Waals surface area (Å²) < 4.78 is 0. The molecular formula is C22H35N7O13. The number of nitrogens with one attached hydrogen (secondary N) is 5. The average Bonchev–Trinajstić information content (AvgIpc) is 2.85. The Morgan fingerprint density at radius 3 is 1.55 bits per heavy atom. The maximum Gasteiger partial charge on any atom is 0.326 e. The Bertz CT molecular complexity index is 1050. The topological polar surface area (TPSA) is 347 Å². The summed E-state index contributed by atoms with van der Waals surface area (Å²) in [4.78, 5) is 107. The number of hydrogen-bond donors (Lipinski definition) is 11. The van der Waals surface area contributed by atoms with Gasteiger partial charge in [0.15, 0.2) is 0 Å². The van der Waals surface area contributed by atoms with E-state index in [9.17, 15) is 58.5 Å². The quantitative estimate of drug-likeness (QED) is 0.0653. The Hall–Kier alpha value is -4.85. The Kier molecular flexibility index (Phi) is 15.7. The number of carbonyl (C=O) groups excluding carboxylic acids is 7. The first-order chi connectivity index (χ1) is 19.4. The summed E-state index contributed by atoms with van der Waals surface area (Å²) in [6, 6.07) is -8.84. The van der Waals surface area contributed by atoms with Crippen molar-refractivity contribution in [2.45, 2.75) is 75.8 Å². The molecule has 0 aliphatic rings. The molecule has 6 atom stereocenters. The number of amides is 7. The van der Waals surface area contributed by atoms with Gasteiger partial charge in [0.05, 0.1) is 25.6 Å². The zero-order valence-electron chi connectivity index (χ0n) is 22.6. The standard InChI is InChI=1S/C22H35N7O13/c1-8(31)17(29-20(39)13(7-30)28-18(37)11(5-15(24)34)25-9(2)32)21(40)27-12(6-16(35)36)19(38)26-10(22(41)42)3-4-14(23)33/h8,10-13,17,30-31H,3-7H2,1-2H3,(H2,23,33)(H2,24,34)(H,25,32)(H,26,38)(H,27,40)(H,28,37)(H,29,39)(H,35,36)(H,41,42)/t8-,10+,11+,12+,13+,17+/m1/s1. The predicted octanol–water partition coefficient (Wildman–Crippen LogP) is -6.50. The van der Waals surface area contributed by atoms with Crippen LogP contribution >= 0.6 is 0 Å². The lowest BCUT2D eigenvalue weighted by Crippen LogP contribution is -2.62. The minimum atomic E-state index is -1.93. The van der Waals surface area contributed by atoms with E-state index in [4.69, 9.17) is 16.6 Å². The molecule has 20 nitrogen and oxygen atoms in total. The van der Waals surface area contributed by atoms with Gasteiger partial charge in [0.2, 0.25) is 41.4 Å². The zero-order chi connectivity index (χ0) is 32.7. The van der Waals surface area contributed by atoms with Gasteiger partial charge in [0.1, 0.15) is 30.2 Å². The lowest BCUT2D eigenvalue weighted by molar-refractivity contribution is -0.144. The highest BCUT2D eigenvalue weighted by Crippen LogP contribution is 2.03. The molecule has 20 heteroatoms. The van der Waals surface area contributed by atoms with Gasteiger partial charge in [-0.2, -0.15) is 0 Å². The maximum atomic E-state index is 12.9. The Balaban J connectivity index is 5.74. The third-order valence-corrected chi connectivity index (χ3v) is 5.28. The highest BCUT2D eigenvalue weighted by molar-refractivity contribution is 5.97. The Morgan fingerprint density at radius 2 is 1.14 bits per heavy atom. The number of aliphatic hydroxyl groups excluding tert-OH is 2. The number of carboxylic acids is 2. The van der Waals surface area contributed by atoms with Crippen LogP contribution in [0.15, 0.2) is 0 Å². The summed E-state index contributed by atoms with van der Waals surface area (Å²) in [5.41, 5.74) is 10.0. The van der Waals surface area contributed by atoms with Crippen molar-refractivity contribution in [3.63, 3.8) is 0 Å². The number of hydrogen-bond acceptors (Lipinski definition) is 11. The van der Waals surface area contributed by atoms with E-state index in [0.29, 0.717) is 0 Å². The molecule has 0 aliphatic heterocycles. The molecule has 0 saturated heterocycles. The minimum Gasteiger partial charge on any atom is -0.481 e.